The summed E-state index contributed by atoms with van der Waals surface area (Å²) in [5.41, 5.74) is 7.86. The average molecular weight is 321 g/mol. The molecule has 120 valence electrons. The van der Waals surface area contributed by atoms with Gasteiger partial charge in [0.05, 0.1) is 0 Å². The van der Waals surface area contributed by atoms with Crippen molar-refractivity contribution in [2.24, 2.45) is 5.73 Å². The van der Waals surface area contributed by atoms with Crippen LogP contribution in [0.15, 0.2) is 59.1 Å². The molecule has 0 aliphatic carbocycles. The molecule has 0 aliphatic rings. The highest BCUT2D eigenvalue weighted by molar-refractivity contribution is 6.04. The second kappa shape index (κ2) is 6.37. The van der Waals surface area contributed by atoms with Crippen molar-refractivity contribution in [1.82, 2.24) is 5.16 Å². The van der Waals surface area contributed by atoms with Crippen LogP contribution in [-0.4, -0.2) is 17.0 Å². The third-order valence-electron chi connectivity index (χ3n) is 3.56. The Morgan fingerprint density at radius 1 is 1.08 bits per heavy atom. The van der Waals surface area contributed by atoms with E-state index >= 15 is 0 Å². The predicted octanol–water partition coefficient (Wildman–Crippen LogP) is 3.00. The number of carbonyl (C=O) groups excluding carboxylic acids is 2. The topological polar surface area (TPSA) is 98.2 Å². The number of hydrogen-bond donors (Lipinski definition) is 2. The molecule has 6 heteroatoms. The smallest absolute Gasteiger partial charge is 0.277 e. The molecule has 2 amide bonds. The lowest BCUT2D eigenvalue weighted by Gasteiger charge is -2.06. The molecular weight excluding hydrogens is 306 g/mol. The van der Waals surface area contributed by atoms with Gasteiger partial charge in [0.15, 0.2) is 11.5 Å². The summed E-state index contributed by atoms with van der Waals surface area (Å²) in [5.74, 6) is -0.473. The number of aromatic nitrogens is 1. The van der Waals surface area contributed by atoms with Gasteiger partial charge < -0.3 is 15.6 Å². The van der Waals surface area contributed by atoms with E-state index in [0.717, 1.165) is 11.1 Å². The van der Waals surface area contributed by atoms with Crippen LogP contribution in [-0.2, 0) is 0 Å². The van der Waals surface area contributed by atoms with Crippen LogP contribution in [0.5, 0.6) is 0 Å². The van der Waals surface area contributed by atoms with E-state index in [1.807, 2.05) is 30.3 Å². The molecule has 0 saturated heterocycles. The Hall–Kier alpha value is -3.41. The number of amides is 2. The normalized spacial score (nSPS) is 10.4. The van der Waals surface area contributed by atoms with Gasteiger partial charge in [0, 0.05) is 22.9 Å². The van der Waals surface area contributed by atoms with Crippen LogP contribution in [0.4, 0.5) is 5.69 Å². The Morgan fingerprint density at radius 3 is 2.54 bits per heavy atom. The Balaban J connectivity index is 1.80. The number of primary amides is 1. The highest BCUT2D eigenvalue weighted by atomic mass is 16.5. The molecule has 0 radical (unpaired) electrons. The van der Waals surface area contributed by atoms with Gasteiger partial charge >= 0.3 is 0 Å². The van der Waals surface area contributed by atoms with Gasteiger partial charge in [-0.05, 0) is 24.6 Å². The lowest BCUT2D eigenvalue weighted by Crippen LogP contribution is -2.15. The fourth-order valence-electron chi connectivity index (χ4n) is 2.28. The summed E-state index contributed by atoms with van der Waals surface area (Å²) < 4.78 is 5.21. The Bertz CT molecular complexity index is 901. The van der Waals surface area contributed by atoms with Crippen LogP contribution in [0.2, 0.25) is 0 Å². The van der Waals surface area contributed by atoms with Crippen LogP contribution in [0.1, 0.15) is 26.4 Å². The first-order valence-electron chi connectivity index (χ1n) is 7.28. The summed E-state index contributed by atoms with van der Waals surface area (Å²) in [6, 6.07) is 15.9. The fourth-order valence-corrected chi connectivity index (χ4v) is 2.28. The minimum Gasteiger partial charge on any atom is -0.366 e. The summed E-state index contributed by atoms with van der Waals surface area (Å²) in [7, 11) is 0. The van der Waals surface area contributed by atoms with Gasteiger partial charge in [0.2, 0.25) is 5.91 Å². The molecule has 0 spiro atoms. The van der Waals surface area contributed by atoms with Crippen molar-refractivity contribution < 1.29 is 14.1 Å². The summed E-state index contributed by atoms with van der Waals surface area (Å²) >= 11 is 0. The number of hydrogen-bond acceptors (Lipinski definition) is 4. The Morgan fingerprint density at radius 2 is 1.83 bits per heavy atom. The van der Waals surface area contributed by atoms with Crippen molar-refractivity contribution in [2.75, 3.05) is 5.32 Å². The summed E-state index contributed by atoms with van der Waals surface area (Å²) in [4.78, 5) is 23.6. The van der Waals surface area contributed by atoms with Crippen LogP contribution >= 0.6 is 0 Å². The van der Waals surface area contributed by atoms with Gasteiger partial charge in [0.25, 0.3) is 5.91 Å². The molecule has 2 aromatic carbocycles. The summed E-state index contributed by atoms with van der Waals surface area (Å²) in [5, 5.41) is 6.46. The van der Waals surface area contributed by atoms with Crippen molar-refractivity contribution >= 4 is 17.5 Å². The second-order valence-electron chi connectivity index (χ2n) is 5.29. The molecule has 6 nitrogen and oxygen atoms in total. The number of carbonyl (C=O) groups is 2. The van der Waals surface area contributed by atoms with Gasteiger partial charge in [-0.15, -0.1) is 0 Å². The van der Waals surface area contributed by atoms with Crippen LogP contribution in [0.3, 0.4) is 0 Å². The van der Waals surface area contributed by atoms with Gasteiger partial charge in [0.1, 0.15) is 0 Å². The molecule has 0 fully saturated rings. The molecule has 24 heavy (non-hydrogen) atoms. The van der Waals surface area contributed by atoms with E-state index in [4.69, 9.17) is 10.3 Å². The molecule has 0 unspecified atom stereocenters. The third-order valence-corrected chi connectivity index (χ3v) is 3.56. The zero-order chi connectivity index (χ0) is 17.1. The third kappa shape index (κ3) is 3.17. The Labute approximate surface area is 138 Å². The van der Waals surface area contributed by atoms with Crippen molar-refractivity contribution in [3.63, 3.8) is 0 Å². The molecular formula is C18H15N3O3. The summed E-state index contributed by atoms with van der Waals surface area (Å²) in [6.45, 7) is 1.77. The maximum absolute atomic E-state index is 12.3. The standard InChI is InChI=1S/C18H15N3O3/c1-11-7-8-13(9-14(11)17(19)22)20-18(23)15-10-16(24-21-15)12-5-3-2-4-6-12/h2-10H,1H3,(H2,19,22)(H,20,23). The second-order valence-corrected chi connectivity index (χ2v) is 5.29. The lowest BCUT2D eigenvalue weighted by molar-refractivity contribution is 0.0994. The van der Waals surface area contributed by atoms with E-state index in [2.05, 4.69) is 10.5 Å². The van der Waals surface area contributed by atoms with Crippen LogP contribution in [0.25, 0.3) is 11.3 Å². The largest absolute Gasteiger partial charge is 0.366 e. The van der Waals surface area contributed by atoms with E-state index in [1.54, 1.807) is 25.1 Å². The molecule has 3 aromatic rings. The zero-order valence-electron chi connectivity index (χ0n) is 12.9. The number of anilines is 1. The first-order chi connectivity index (χ1) is 11.5. The number of rotatable bonds is 4. The zero-order valence-corrected chi connectivity index (χ0v) is 12.9. The van der Waals surface area contributed by atoms with Gasteiger partial charge in [-0.25, -0.2) is 0 Å². The lowest BCUT2D eigenvalue weighted by atomic mass is 10.1. The number of nitrogens with one attached hydrogen (secondary N) is 1. The van der Waals surface area contributed by atoms with E-state index in [-0.39, 0.29) is 5.69 Å². The van der Waals surface area contributed by atoms with Crippen molar-refractivity contribution in [1.29, 1.82) is 0 Å². The van der Waals surface area contributed by atoms with Crippen molar-refractivity contribution in [2.45, 2.75) is 6.92 Å². The highest BCUT2D eigenvalue weighted by Gasteiger charge is 2.15. The van der Waals surface area contributed by atoms with Crippen LogP contribution in [0, 0.1) is 6.92 Å². The van der Waals surface area contributed by atoms with Crippen molar-refractivity contribution in [3.8, 4) is 11.3 Å². The molecule has 3 rings (SSSR count). The maximum atomic E-state index is 12.3. The van der Waals surface area contributed by atoms with Gasteiger partial charge in [-0.2, -0.15) is 0 Å². The quantitative estimate of drug-likeness (QED) is 0.771. The fraction of sp³-hybridized carbons (Fsp3) is 0.0556. The summed E-state index contributed by atoms with van der Waals surface area (Å²) in [6.07, 6.45) is 0. The molecule has 0 bridgehead atoms. The maximum Gasteiger partial charge on any atom is 0.277 e. The Kier molecular flexibility index (Phi) is 4.11. The minimum absolute atomic E-state index is 0.148. The molecule has 0 saturated carbocycles. The van der Waals surface area contributed by atoms with Gasteiger partial charge in [-0.3, -0.25) is 9.59 Å². The first kappa shape index (κ1) is 15.5. The first-order valence-corrected chi connectivity index (χ1v) is 7.28. The van der Waals surface area contributed by atoms with Crippen LogP contribution < -0.4 is 11.1 Å². The average Bonchev–Trinajstić information content (AvgIpc) is 3.07. The number of aryl methyl sites for hydroxylation is 1. The monoisotopic (exact) mass is 321 g/mol. The molecule has 1 heterocycles. The SMILES string of the molecule is Cc1ccc(NC(=O)c2cc(-c3ccccc3)on2)cc1C(N)=O. The predicted molar refractivity (Wildman–Crippen MR) is 89.6 cm³/mol. The molecule has 3 N–H and O–H groups in total. The van der Waals surface area contributed by atoms with E-state index in [9.17, 15) is 9.59 Å². The molecule has 0 aliphatic heterocycles. The number of nitrogens with zero attached hydrogens (tertiary/aromatic N) is 1. The highest BCUT2D eigenvalue weighted by Crippen LogP contribution is 2.21. The van der Waals surface area contributed by atoms with E-state index in [1.165, 1.54) is 6.07 Å². The molecule has 1 aromatic heterocycles. The number of nitrogens with two attached hydrogens (primary N) is 1. The van der Waals surface area contributed by atoms with Gasteiger partial charge in [-0.1, -0.05) is 41.6 Å². The van der Waals surface area contributed by atoms with Crippen molar-refractivity contribution in [3.05, 3.63) is 71.4 Å². The molecule has 0 atom stereocenters. The van der Waals surface area contributed by atoms with E-state index < -0.39 is 11.8 Å². The number of benzene rings is 2. The minimum atomic E-state index is -0.545. The van der Waals surface area contributed by atoms with E-state index in [0.29, 0.717) is 17.0 Å².